The van der Waals surface area contributed by atoms with Crippen molar-refractivity contribution in [2.45, 2.75) is 19.3 Å². The van der Waals surface area contributed by atoms with Crippen LogP contribution in [-0.4, -0.2) is 25.0 Å². The molecule has 0 atom stereocenters. The third-order valence-electron chi connectivity index (χ3n) is 2.55. The summed E-state index contributed by atoms with van der Waals surface area (Å²) in [5.74, 6) is 0. The third kappa shape index (κ3) is 3.66. The average Bonchev–Trinajstić information content (AvgIpc) is 2.19. The Hall–Kier alpha value is -0.790. The van der Waals surface area contributed by atoms with E-state index in [1.165, 1.54) is 0 Å². The summed E-state index contributed by atoms with van der Waals surface area (Å²) in [6, 6.07) is 5.72. The predicted molar refractivity (Wildman–Crippen MR) is 70.0 cm³/mol. The van der Waals surface area contributed by atoms with Crippen LogP contribution in [0.4, 0.5) is 5.69 Å². The van der Waals surface area contributed by atoms with Gasteiger partial charge >= 0.3 is 0 Å². The number of aryl methyl sites for hydroxylation is 1. The number of nitrogen functional groups attached to an aromatic ring is 1. The summed E-state index contributed by atoms with van der Waals surface area (Å²) in [6.07, 6.45) is 2.64. The van der Waals surface area contributed by atoms with Gasteiger partial charge in [-0.05, 0) is 50.3 Å². The Morgan fingerprint density at radius 3 is 2.56 bits per heavy atom. The topological polar surface area (TPSA) is 63.3 Å². The van der Waals surface area contributed by atoms with E-state index in [1.54, 1.807) is 13.3 Å². The standard InChI is InChI=1S/C12H20NO2P/c1-16(2,15)12-9-10(5-3-4-8-14)6-7-11(12)13/h6-7,9,14H,3-5,8,13H2,1-2H3. The molecule has 3 nitrogen and oxygen atoms in total. The molecule has 0 saturated carbocycles. The SMILES string of the molecule is CP(C)(=O)c1cc(CCCCO)ccc1N. The Kier molecular flexibility index (Phi) is 4.57. The molecule has 1 aromatic carbocycles. The largest absolute Gasteiger partial charge is 0.398 e. The quantitative estimate of drug-likeness (QED) is 0.469. The molecule has 0 aliphatic rings. The Bertz CT molecular complexity index is 398. The molecule has 3 N–H and O–H groups in total. The number of hydrogen-bond donors (Lipinski definition) is 2. The molecule has 0 heterocycles. The number of aliphatic hydroxyl groups is 1. The van der Waals surface area contributed by atoms with E-state index in [1.807, 2.05) is 18.2 Å². The van der Waals surface area contributed by atoms with Crippen LogP contribution in [-0.2, 0) is 11.0 Å². The first kappa shape index (κ1) is 13.3. The van der Waals surface area contributed by atoms with Crippen molar-refractivity contribution in [2.24, 2.45) is 0 Å². The van der Waals surface area contributed by atoms with Crippen molar-refractivity contribution < 1.29 is 9.67 Å². The van der Waals surface area contributed by atoms with Crippen LogP contribution in [0.15, 0.2) is 18.2 Å². The molecule has 0 radical (unpaired) electrons. The summed E-state index contributed by atoms with van der Waals surface area (Å²) >= 11 is 0. The average molecular weight is 241 g/mol. The molecular formula is C12H20NO2P. The van der Waals surface area contributed by atoms with E-state index in [9.17, 15) is 4.57 Å². The molecule has 0 aromatic heterocycles. The van der Waals surface area contributed by atoms with Gasteiger partial charge < -0.3 is 15.4 Å². The first-order valence-electron chi connectivity index (χ1n) is 5.50. The smallest absolute Gasteiger partial charge is 0.111 e. The fourth-order valence-corrected chi connectivity index (χ4v) is 2.83. The van der Waals surface area contributed by atoms with Crippen LogP contribution in [0.2, 0.25) is 0 Å². The maximum Gasteiger partial charge on any atom is 0.111 e. The van der Waals surface area contributed by atoms with Gasteiger partial charge in [0.05, 0.1) is 0 Å². The highest BCUT2D eigenvalue weighted by molar-refractivity contribution is 7.70. The van der Waals surface area contributed by atoms with E-state index in [4.69, 9.17) is 10.8 Å². The second kappa shape index (κ2) is 5.51. The molecule has 0 unspecified atom stereocenters. The maximum absolute atomic E-state index is 12.0. The summed E-state index contributed by atoms with van der Waals surface area (Å²) in [7, 11) is -2.30. The minimum atomic E-state index is -2.30. The van der Waals surface area contributed by atoms with Gasteiger partial charge in [0.25, 0.3) is 0 Å². The summed E-state index contributed by atoms with van der Waals surface area (Å²) < 4.78 is 12.0. The number of aliphatic hydroxyl groups excluding tert-OH is 1. The van der Waals surface area contributed by atoms with E-state index in [0.29, 0.717) is 5.69 Å². The molecule has 90 valence electrons. The zero-order chi connectivity index (χ0) is 12.2. The lowest BCUT2D eigenvalue weighted by Crippen LogP contribution is -2.10. The van der Waals surface area contributed by atoms with Crippen molar-refractivity contribution in [3.8, 4) is 0 Å². The van der Waals surface area contributed by atoms with E-state index in [2.05, 4.69) is 0 Å². The van der Waals surface area contributed by atoms with Gasteiger partial charge in [-0.2, -0.15) is 0 Å². The second-order valence-corrected chi connectivity index (χ2v) is 7.61. The van der Waals surface area contributed by atoms with Crippen LogP contribution in [0.1, 0.15) is 18.4 Å². The molecule has 1 aromatic rings. The number of unbranched alkanes of at least 4 members (excludes halogenated alkanes) is 1. The maximum atomic E-state index is 12.0. The van der Waals surface area contributed by atoms with Crippen molar-refractivity contribution in [3.05, 3.63) is 23.8 Å². The molecule has 1 rings (SSSR count). The van der Waals surface area contributed by atoms with Crippen LogP contribution in [0.25, 0.3) is 0 Å². The van der Waals surface area contributed by atoms with Crippen molar-refractivity contribution in [2.75, 3.05) is 25.7 Å². The number of anilines is 1. The van der Waals surface area contributed by atoms with E-state index >= 15 is 0 Å². The fraction of sp³-hybridized carbons (Fsp3) is 0.500. The van der Waals surface area contributed by atoms with E-state index in [0.717, 1.165) is 30.1 Å². The lowest BCUT2D eigenvalue weighted by atomic mass is 10.1. The lowest BCUT2D eigenvalue weighted by Gasteiger charge is -2.12. The number of rotatable bonds is 5. The second-order valence-electron chi connectivity index (χ2n) is 4.42. The molecule has 0 fully saturated rings. The molecule has 0 spiro atoms. The highest BCUT2D eigenvalue weighted by Crippen LogP contribution is 2.37. The fourth-order valence-electron chi connectivity index (χ4n) is 1.65. The molecule has 4 heteroatoms. The normalized spacial score (nSPS) is 11.7. The van der Waals surface area contributed by atoms with Gasteiger partial charge in [-0.15, -0.1) is 0 Å². The highest BCUT2D eigenvalue weighted by Gasteiger charge is 2.14. The van der Waals surface area contributed by atoms with Crippen LogP contribution in [0.3, 0.4) is 0 Å². The number of hydrogen-bond acceptors (Lipinski definition) is 3. The lowest BCUT2D eigenvalue weighted by molar-refractivity contribution is 0.284. The minimum absolute atomic E-state index is 0.224. The Labute approximate surface area is 97.0 Å². The summed E-state index contributed by atoms with van der Waals surface area (Å²) in [6.45, 7) is 3.69. The first-order valence-corrected chi connectivity index (χ1v) is 8.10. The van der Waals surface area contributed by atoms with Gasteiger partial charge in [0.2, 0.25) is 0 Å². The highest BCUT2D eigenvalue weighted by atomic mass is 31.2. The van der Waals surface area contributed by atoms with Crippen LogP contribution >= 0.6 is 7.14 Å². The zero-order valence-electron chi connectivity index (χ0n) is 9.94. The summed E-state index contributed by atoms with van der Waals surface area (Å²) in [5.41, 5.74) is 7.57. The Morgan fingerprint density at radius 2 is 2.00 bits per heavy atom. The van der Waals surface area contributed by atoms with Crippen molar-refractivity contribution >= 4 is 18.1 Å². The van der Waals surface area contributed by atoms with Crippen LogP contribution < -0.4 is 11.0 Å². The van der Waals surface area contributed by atoms with Crippen LogP contribution in [0, 0.1) is 0 Å². The molecule has 0 amide bonds. The van der Waals surface area contributed by atoms with Gasteiger partial charge in [0, 0.05) is 17.6 Å². The van der Waals surface area contributed by atoms with Crippen molar-refractivity contribution in [3.63, 3.8) is 0 Å². The van der Waals surface area contributed by atoms with Gasteiger partial charge in [-0.1, -0.05) is 6.07 Å². The van der Waals surface area contributed by atoms with Gasteiger partial charge in [0.1, 0.15) is 7.14 Å². The molecule has 0 saturated heterocycles. The molecule has 0 bridgehead atoms. The molecule has 0 aliphatic carbocycles. The van der Waals surface area contributed by atoms with Crippen molar-refractivity contribution in [1.82, 2.24) is 0 Å². The first-order chi connectivity index (χ1) is 7.45. The molecule has 0 aliphatic heterocycles. The van der Waals surface area contributed by atoms with Gasteiger partial charge in [0.15, 0.2) is 0 Å². The third-order valence-corrected chi connectivity index (χ3v) is 4.10. The van der Waals surface area contributed by atoms with Gasteiger partial charge in [-0.3, -0.25) is 0 Å². The van der Waals surface area contributed by atoms with E-state index in [-0.39, 0.29) is 6.61 Å². The minimum Gasteiger partial charge on any atom is -0.398 e. The Balaban J connectivity index is 2.86. The summed E-state index contributed by atoms with van der Waals surface area (Å²) in [5, 5.41) is 9.48. The monoisotopic (exact) mass is 241 g/mol. The predicted octanol–water partition coefficient (Wildman–Crippen LogP) is 1.83. The molecular weight excluding hydrogens is 221 g/mol. The van der Waals surface area contributed by atoms with Crippen LogP contribution in [0.5, 0.6) is 0 Å². The van der Waals surface area contributed by atoms with Crippen molar-refractivity contribution in [1.29, 1.82) is 0 Å². The Morgan fingerprint density at radius 1 is 1.31 bits per heavy atom. The number of benzene rings is 1. The summed E-state index contributed by atoms with van der Waals surface area (Å²) in [4.78, 5) is 0. The number of nitrogens with two attached hydrogens (primary N) is 1. The molecule has 16 heavy (non-hydrogen) atoms. The zero-order valence-corrected chi connectivity index (χ0v) is 10.8. The van der Waals surface area contributed by atoms with E-state index < -0.39 is 7.14 Å². The van der Waals surface area contributed by atoms with Gasteiger partial charge in [-0.25, -0.2) is 0 Å².